The number of aromatic nitrogens is 4. The normalized spacial score (nSPS) is 10.8. The van der Waals surface area contributed by atoms with Gasteiger partial charge in [0.05, 0.1) is 10.6 Å². The number of hydrogen-bond acceptors (Lipinski definition) is 6. The van der Waals surface area contributed by atoms with E-state index in [4.69, 9.17) is 0 Å². The Bertz CT molecular complexity index is 817. The lowest BCUT2D eigenvalue weighted by Crippen LogP contribution is -2.15. The zero-order valence-corrected chi connectivity index (χ0v) is 16.0. The molecule has 3 heterocycles. The molecule has 3 aromatic heterocycles. The van der Waals surface area contributed by atoms with Gasteiger partial charge in [0.15, 0.2) is 11.0 Å². The van der Waals surface area contributed by atoms with E-state index in [1.165, 1.54) is 11.8 Å². The van der Waals surface area contributed by atoms with Crippen LogP contribution in [0.5, 0.6) is 0 Å². The minimum atomic E-state index is -0.127. The fourth-order valence-electron chi connectivity index (χ4n) is 2.03. The first-order chi connectivity index (χ1) is 11.7. The fourth-order valence-corrected chi connectivity index (χ4v) is 3.78. The van der Waals surface area contributed by atoms with Crippen LogP contribution in [0.2, 0.25) is 0 Å². The molecule has 0 saturated heterocycles. The van der Waals surface area contributed by atoms with Crippen LogP contribution >= 0.6 is 39.0 Å². The van der Waals surface area contributed by atoms with Crippen LogP contribution in [-0.4, -0.2) is 31.4 Å². The molecule has 0 unspecified atom stereocenters. The predicted molar refractivity (Wildman–Crippen MR) is 100 cm³/mol. The predicted octanol–water partition coefficient (Wildman–Crippen LogP) is 3.91. The molecule has 0 aromatic carbocycles. The summed E-state index contributed by atoms with van der Waals surface area (Å²) in [5.74, 6) is 1.49. The average Bonchev–Trinajstić information content (AvgIpc) is 3.23. The van der Waals surface area contributed by atoms with Gasteiger partial charge in [-0.1, -0.05) is 17.8 Å². The lowest BCUT2D eigenvalue weighted by molar-refractivity contribution is -0.113. The van der Waals surface area contributed by atoms with Crippen LogP contribution in [0.1, 0.15) is 6.92 Å². The van der Waals surface area contributed by atoms with Crippen LogP contribution in [0.15, 0.2) is 45.5 Å². The number of rotatable bonds is 6. The molecule has 0 aliphatic rings. The summed E-state index contributed by atoms with van der Waals surface area (Å²) in [5.41, 5.74) is 0. The van der Waals surface area contributed by atoms with Gasteiger partial charge in [-0.3, -0.25) is 4.79 Å². The minimum absolute atomic E-state index is 0.127. The van der Waals surface area contributed by atoms with E-state index >= 15 is 0 Å². The standard InChI is InChI=1S/C15H14BrN5OS2/c1-2-21-14(11-4-3-7-23-11)19-20-15(21)24-9-13(22)18-12-6-5-10(16)8-17-12/h3-8H,2,9H2,1H3,(H,17,18,22). The number of pyridine rings is 1. The second-order valence-corrected chi connectivity index (χ2v) is 7.53. The van der Waals surface area contributed by atoms with Crippen molar-refractivity contribution in [3.63, 3.8) is 0 Å². The molecule has 0 saturated carbocycles. The second kappa shape index (κ2) is 7.91. The smallest absolute Gasteiger partial charge is 0.236 e. The highest BCUT2D eigenvalue weighted by atomic mass is 79.9. The molecule has 0 fully saturated rings. The lowest BCUT2D eigenvalue weighted by Gasteiger charge is -2.06. The molecular weight excluding hydrogens is 410 g/mol. The molecule has 0 spiro atoms. The maximum Gasteiger partial charge on any atom is 0.236 e. The van der Waals surface area contributed by atoms with E-state index in [0.29, 0.717) is 5.82 Å². The third-order valence-corrected chi connectivity index (χ3v) is 5.40. The number of halogens is 1. The van der Waals surface area contributed by atoms with E-state index in [1.54, 1.807) is 23.6 Å². The van der Waals surface area contributed by atoms with E-state index in [0.717, 1.165) is 26.9 Å². The van der Waals surface area contributed by atoms with Crippen molar-refractivity contribution in [1.82, 2.24) is 19.7 Å². The van der Waals surface area contributed by atoms with Crippen molar-refractivity contribution in [2.24, 2.45) is 0 Å². The molecule has 9 heteroatoms. The van der Waals surface area contributed by atoms with E-state index in [2.05, 4.69) is 36.4 Å². The van der Waals surface area contributed by atoms with Crippen molar-refractivity contribution in [3.8, 4) is 10.7 Å². The maximum atomic E-state index is 12.1. The summed E-state index contributed by atoms with van der Waals surface area (Å²) in [6.45, 7) is 2.79. The van der Waals surface area contributed by atoms with Crippen molar-refractivity contribution in [3.05, 3.63) is 40.3 Å². The van der Waals surface area contributed by atoms with Gasteiger partial charge < -0.3 is 9.88 Å². The Morgan fingerprint density at radius 3 is 2.92 bits per heavy atom. The van der Waals surface area contributed by atoms with E-state index in [1.807, 2.05) is 35.1 Å². The summed E-state index contributed by atoms with van der Waals surface area (Å²) in [6.07, 6.45) is 1.64. The van der Waals surface area contributed by atoms with Gasteiger partial charge in [-0.25, -0.2) is 4.98 Å². The summed E-state index contributed by atoms with van der Waals surface area (Å²) in [6, 6.07) is 7.58. The molecule has 0 bridgehead atoms. The number of amides is 1. The topological polar surface area (TPSA) is 72.7 Å². The van der Waals surface area contributed by atoms with Crippen molar-refractivity contribution < 1.29 is 4.79 Å². The summed E-state index contributed by atoms with van der Waals surface area (Å²) in [4.78, 5) is 17.3. The van der Waals surface area contributed by atoms with E-state index < -0.39 is 0 Å². The largest absolute Gasteiger partial charge is 0.310 e. The Kier molecular flexibility index (Phi) is 5.64. The van der Waals surface area contributed by atoms with Crippen LogP contribution < -0.4 is 5.32 Å². The van der Waals surface area contributed by atoms with Crippen LogP contribution in [0.25, 0.3) is 10.7 Å². The molecule has 1 N–H and O–H groups in total. The molecule has 6 nitrogen and oxygen atoms in total. The molecule has 124 valence electrons. The Labute approximate surface area is 155 Å². The van der Waals surface area contributed by atoms with Gasteiger partial charge in [-0.2, -0.15) is 0 Å². The highest BCUT2D eigenvalue weighted by Gasteiger charge is 2.15. The molecule has 1 amide bonds. The Morgan fingerprint density at radius 2 is 2.25 bits per heavy atom. The molecule has 0 aliphatic carbocycles. The Balaban J connectivity index is 1.64. The molecule has 3 rings (SSSR count). The van der Waals surface area contributed by atoms with Crippen LogP contribution in [0, 0.1) is 0 Å². The first kappa shape index (κ1) is 17.1. The summed E-state index contributed by atoms with van der Waals surface area (Å²) in [5, 5.41) is 14.0. The van der Waals surface area contributed by atoms with Gasteiger partial charge in [0.25, 0.3) is 0 Å². The van der Waals surface area contributed by atoms with Gasteiger partial charge in [0.2, 0.25) is 5.91 Å². The lowest BCUT2D eigenvalue weighted by atomic mass is 10.4. The number of carbonyl (C=O) groups is 1. The number of thiophene rings is 1. The van der Waals surface area contributed by atoms with Gasteiger partial charge in [-0.05, 0) is 46.4 Å². The number of carbonyl (C=O) groups excluding carboxylic acids is 1. The summed E-state index contributed by atoms with van der Waals surface area (Å²) < 4.78 is 2.88. The van der Waals surface area contributed by atoms with Crippen molar-refractivity contribution in [2.45, 2.75) is 18.6 Å². The highest BCUT2D eigenvalue weighted by molar-refractivity contribution is 9.10. The fraction of sp³-hybridized carbons (Fsp3) is 0.200. The number of nitrogens with zero attached hydrogens (tertiary/aromatic N) is 4. The van der Waals surface area contributed by atoms with Crippen molar-refractivity contribution in [2.75, 3.05) is 11.1 Å². The highest BCUT2D eigenvalue weighted by Crippen LogP contribution is 2.27. The van der Waals surface area contributed by atoms with Gasteiger partial charge in [-0.15, -0.1) is 21.5 Å². The first-order valence-electron chi connectivity index (χ1n) is 7.18. The molecular formula is C15H14BrN5OS2. The third kappa shape index (κ3) is 4.03. The number of hydrogen-bond donors (Lipinski definition) is 1. The zero-order chi connectivity index (χ0) is 16.9. The summed E-state index contributed by atoms with van der Waals surface area (Å²) >= 11 is 6.30. The van der Waals surface area contributed by atoms with E-state index in [9.17, 15) is 4.79 Å². The first-order valence-corrected chi connectivity index (χ1v) is 9.84. The monoisotopic (exact) mass is 423 g/mol. The average molecular weight is 424 g/mol. The molecule has 24 heavy (non-hydrogen) atoms. The Hall–Kier alpha value is -1.71. The molecule has 0 atom stereocenters. The molecule has 3 aromatic rings. The summed E-state index contributed by atoms with van der Waals surface area (Å²) in [7, 11) is 0. The maximum absolute atomic E-state index is 12.1. The minimum Gasteiger partial charge on any atom is -0.310 e. The number of anilines is 1. The van der Waals surface area contributed by atoms with Gasteiger partial charge in [0.1, 0.15) is 5.82 Å². The third-order valence-electron chi connectivity index (χ3n) is 3.10. The van der Waals surface area contributed by atoms with Crippen LogP contribution in [0.3, 0.4) is 0 Å². The van der Waals surface area contributed by atoms with E-state index in [-0.39, 0.29) is 11.7 Å². The molecule has 0 aliphatic heterocycles. The quantitative estimate of drug-likeness (QED) is 0.608. The van der Waals surface area contributed by atoms with Gasteiger partial charge >= 0.3 is 0 Å². The van der Waals surface area contributed by atoms with Crippen molar-refractivity contribution in [1.29, 1.82) is 0 Å². The molecule has 0 radical (unpaired) electrons. The SMILES string of the molecule is CCn1c(SCC(=O)Nc2ccc(Br)cn2)nnc1-c1cccs1. The second-order valence-electron chi connectivity index (χ2n) is 4.73. The Morgan fingerprint density at radius 1 is 1.38 bits per heavy atom. The number of nitrogens with one attached hydrogen (secondary N) is 1. The number of thioether (sulfide) groups is 1. The van der Waals surface area contributed by atoms with Crippen LogP contribution in [-0.2, 0) is 11.3 Å². The van der Waals surface area contributed by atoms with Gasteiger partial charge in [0, 0.05) is 17.2 Å². The zero-order valence-electron chi connectivity index (χ0n) is 12.8. The van der Waals surface area contributed by atoms with Crippen molar-refractivity contribution >= 4 is 50.8 Å². The van der Waals surface area contributed by atoms with Crippen LogP contribution in [0.4, 0.5) is 5.82 Å².